The third-order valence-electron chi connectivity index (χ3n) is 9.59. The Kier molecular flexibility index (Phi) is 16.4. The number of halogens is 3. The molecule has 0 unspecified atom stereocenters. The van der Waals surface area contributed by atoms with Crippen LogP contribution in [-0.2, 0) is 71.4 Å². The fraction of sp³-hybridized carbons (Fsp3) is 0.818. The van der Waals surface area contributed by atoms with Crippen LogP contribution in [0.3, 0.4) is 0 Å². The summed E-state index contributed by atoms with van der Waals surface area (Å²) in [5.41, 5.74) is 0. The summed E-state index contributed by atoms with van der Waals surface area (Å²) >= 11 is 9.19. The van der Waals surface area contributed by atoms with Gasteiger partial charge in [-0.15, -0.1) is 0 Å². The fourth-order valence-electron chi connectivity index (χ4n) is 6.68. The molecule has 4 saturated heterocycles. The van der Waals surface area contributed by atoms with E-state index in [0.717, 1.165) is 0 Å². The van der Waals surface area contributed by atoms with E-state index in [1.165, 1.54) is 0 Å². The zero-order chi connectivity index (χ0) is 37.2. The molecule has 0 aromatic rings. The molecule has 4 heterocycles. The number of alkyl halides is 3. The quantitative estimate of drug-likeness (QED) is 0.187. The smallest absolute Gasteiger partial charge is 0.336 e. The van der Waals surface area contributed by atoms with Gasteiger partial charge in [0.1, 0.15) is 34.3 Å². The molecular formula is C33H45Br3O15. The van der Waals surface area contributed by atoms with Crippen LogP contribution in [0.25, 0.3) is 0 Å². The number of hydrogen-bond donors (Lipinski definition) is 0. The number of fused-ring (bicyclic) bond motifs is 6. The molecule has 4 fully saturated rings. The molecule has 4 aliphatic rings. The van der Waals surface area contributed by atoms with Crippen LogP contribution in [0, 0.1) is 17.8 Å². The Bertz CT molecular complexity index is 1100. The van der Waals surface area contributed by atoms with Crippen molar-refractivity contribution < 1.29 is 71.4 Å². The van der Waals surface area contributed by atoms with Crippen molar-refractivity contribution in [3.63, 3.8) is 0 Å². The van der Waals surface area contributed by atoms with Crippen LogP contribution >= 0.6 is 47.8 Å². The van der Waals surface area contributed by atoms with E-state index in [-0.39, 0.29) is 35.8 Å². The maximum atomic E-state index is 13.7. The summed E-state index contributed by atoms with van der Waals surface area (Å²) in [4.78, 5) is 77.0. The highest BCUT2D eigenvalue weighted by atomic mass is 79.9. The summed E-state index contributed by atoms with van der Waals surface area (Å²) in [5.74, 6) is -5.40. The van der Waals surface area contributed by atoms with Gasteiger partial charge in [-0.1, -0.05) is 47.8 Å². The van der Waals surface area contributed by atoms with E-state index in [9.17, 15) is 28.8 Å². The van der Waals surface area contributed by atoms with Gasteiger partial charge in [0.2, 0.25) is 0 Å². The Balaban J connectivity index is 1.63. The molecule has 0 amide bonds. The van der Waals surface area contributed by atoms with Gasteiger partial charge in [0.15, 0.2) is 18.3 Å². The van der Waals surface area contributed by atoms with Gasteiger partial charge in [-0.25, -0.2) is 14.4 Å². The zero-order valence-electron chi connectivity index (χ0n) is 28.7. The number of carbonyl (C=O) groups excluding carboxylic acids is 6. The normalized spacial score (nSPS) is 36.2. The van der Waals surface area contributed by atoms with Crippen LogP contribution in [0.2, 0.25) is 0 Å². The topological polar surface area (TPSA) is 185 Å². The minimum Gasteiger partial charge on any atom is -0.465 e. The number of rotatable bonds is 9. The number of cyclic esters (lactones) is 3. The lowest BCUT2D eigenvalue weighted by atomic mass is 9.89. The van der Waals surface area contributed by atoms with Crippen LogP contribution in [0.1, 0.15) is 59.3 Å². The largest absolute Gasteiger partial charge is 0.465 e. The van der Waals surface area contributed by atoms with E-state index in [1.54, 1.807) is 20.8 Å². The highest BCUT2D eigenvalue weighted by Gasteiger charge is 2.47. The summed E-state index contributed by atoms with van der Waals surface area (Å²) in [6, 6.07) is 0. The second kappa shape index (κ2) is 20.0. The van der Waals surface area contributed by atoms with Gasteiger partial charge in [0, 0.05) is 17.8 Å². The third-order valence-corrected chi connectivity index (χ3v) is 11.0. The molecule has 0 saturated carbocycles. The van der Waals surface area contributed by atoms with Crippen LogP contribution in [0.5, 0.6) is 0 Å². The molecule has 0 spiro atoms. The Morgan fingerprint density at radius 3 is 1.00 bits per heavy atom. The van der Waals surface area contributed by atoms with Gasteiger partial charge in [-0.3, -0.25) is 14.4 Å². The van der Waals surface area contributed by atoms with Crippen molar-refractivity contribution in [3.8, 4) is 0 Å². The van der Waals surface area contributed by atoms with E-state index in [2.05, 4.69) is 47.8 Å². The van der Waals surface area contributed by atoms with Gasteiger partial charge < -0.3 is 42.6 Å². The zero-order valence-corrected chi connectivity index (χ0v) is 33.4. The first-order valence-electron chi connectivity index (χ1n) is 17.1. The van der Waals surface area contributed by atoms with Crippen molar-refractivity contribution in [2.45, 2.75) is 114 Å². The average molecular weight is 921 g/mol. The molecule has 0 radical (unpaired) electrons. The predicted octanol–water partition coefficient (Wildman–Crippen LogP) is 3.10. The van der Waals surface area contributed by atoms with E-state index in [4.69, 9.17) is 42.6 Å². The Morgan fingerprint density at radius 2 is 0.765 bits per heavy atom. The van der Waals surface area contributed by atoms with Gasteiger partial charge in [-0.2, -0.15) is 0 Å². The molecule has 4 aliphatic heterocycles. The number of ether oxygens (including phenoxy) is 9. The van der Waals surface area contributed by atoms with Crippen molar-refractivity contribution in [2.24, 2.45) is 17.8 Å². The third kappa shape index (κ3) is 11.6. The number of carbonyl (C=O) groups is 6. The highest BCUT2D eigenvalue weighted by Crippen LogP contribution is 2.35. The molecule has 51 heavy (non-hydrogen) atoms. The van der Waals surface area contributed by atoms with Crippen molar-refractivity contribution in [1.82, 2.24) is 0 Å². The van der Waals surface area contributed by atoms with Crippen molar-refractivity contribution in [3.05, 3.63) is 0 Å². The summed E-state index contributed by atoms with van der Waals surface area (Å²) < 4.78 is 52.3. The maximum Gasteiger partial charge on any atom is 0.336 e. The van der Waals surface area contributed by atoms with Gasteiger partial charge >= 0.3 is 35.8 Å². The summed E-state index contributed by atoms with van der Waals surface area (Å²) in [7, 11) is 0. The maximum absolute atomic E-state index is 13.7. The summed E-state index contributed by atoms with van der Waals surface area (Å²) in [5, 5.41) is -0.0820. The lowest BCUT2D eigenvalue weighted by Gasteiger charge is -2.41. The SMILES string of the molecule is C[C@@H]1OC(=O)[C@H]2O[C@H](CC[C@H]2COC(=O)CBr)[C@H](C)OC(=O)[C@H]2O[C@H](CC[C@H]2COC(=O)CBr)[C@H](C)OC(=O)[C@H]2O[C@@H]1CC[C@H]2COC(=O)CBr. The molecule has 12 atom stereocenters. The van der Waals surface area contributed by atoms with E-state index in [1.807, 2.05) is 0 Å². The highest BCUT2D eigenvalue weighted by molar-refractivity contribution is 9.09. The van der Waals surface area contributed by atoms with Crippen LogP contribution in [0.15, 0.2) is 0 Å². The molecule has 0 aromatic carbocycles. The summed E-state index contributed by atoms with van der Waals surface area (Å²) in [6.07, 6.45) is -5.87. The van der Waals surface area contributed by atoms with E-state index in [0.29, 0.717) is 38.5 Å². The van der Waals surface area contributed by atoms with Crippen LogP contribution in [-0.4, -0.2) is 127 Å². The molecule has 288 valence electrons. The first-order chi connectivity index (χ1) is 24.3. The van der Waals surface area contributed by atoms with Crippen molar-refractivity contribution in [2.75, 3.05) is 35.8 Å². The number of hydrogen-bond acceptors (Lipinski definition) is 15. The molecule has 0 aromatic heterocycles. The van der Waals surface area contributed by atoms with E-state index < -0.39 is 109 Å². The lowest BCUT2D eigenvalue weighted by Crippen LogP contribution is -2.53. The minimum atomic E-state index is -1.18. The molecule has 18 heteroatoms. The molecule has 0 N–H and O–H groups in total. The second-order valence-corrected chi connectivity index (χ2v) is 14.9. The molecule has 6 bridgehead atoms. The van der Waals surface area contributed by atoms with Gasteiger partial charge in [-0.05, 0) is 59.3 Å². The van der Waals surface area contributed by atoms with Gasteiger partial charge in [0.05, 0.1) is 38.1 Å². The Morgan fingerprint density at radius 1 is 0.510 bits per heavy atom. The Labute approximate surface area is 321 Å². The van der Waals surface area contributed by atoms with Crippen LogP contribution < -0.4 is 0 Å². The first kappa shape index (κ1) is 41.9. The molecule has 4 rings (SSSR count). The minimum absolute atomic E-state index is 0.0273. The van der Waals surface area contributed by atoms with E-state index >= 15 is 0 Å². The fourth-order valence-corrected chi connectivity index (χ4v) is 7.16. The molecule has 15 nitrogen and oxygen atoms in total. The second-order valence-electron chi connectivity index (χ2n) is 13.2. The standard InChI is InChI=1S/C33H45Br3O15/c1-16-22-7-4-19(13-43-25(37)10-34)29(49-22)32(41)47-18(3)24-9-6-21(15-45-27(39)12-36)30(51-24)33(42)48-17(2)23-8-5-20(14-44-26(38)11-35)28(50-23)31(40)46-16/h16-24,28-30H,4-15H2,1-3H3/t16-,17-,18-,19-,20-,21-,22+,23+,24+,28-,29-,30-/m0/s1. The molecule has 0 aliphatic carbocycles. The monoisotopic (exact) mass is 918 g/mol. The van der Waals surface area contributed by atoms with Crippen molar-refractivity contribution in [1.29, 1.82) is 0 Å². The summed E-state index contributed by atoms with van der Waals surface area (Å²) in [6.45, 7) is 4.61. The Hall–Kier alpha value is -1.86. The average Bonchev–Trinajstić information content (AvgIpc) is 3.13. The molecular weight excluding hydrogens is 876 g/mol. The van der Waals surface area contributed by atoms with Gasteiger partial charge in [0.25, 0.3) is 0 Å². The lowest BCUT2D eigenvalue weighted by molar-refractivity contribution is -0.220. The number of esters is 6. The van der Waals surface area contributed by atoms with Crippen molar-refractivity contribution >= 4 is 83.6 Å². The first-order valence-corrected chi connectivity index (χ1v) is 20.4. The predicted molar refractivity (Wildman–Crippen MR) is 185 cm³/mol. The van der Waals surface area contributed by atoms with Crippen LogP contribution in [0.4, 0.5) is 0 Å².